The minimum Gasteiger partial charge on any atom is -0.466 e. The summed E-state index contributed by atoms with van der Waals surface area (Å²) < 4.78 is 10.3. The highest BCUT2D eigenvalue weighted by Gasteiger charge is 2.40. The van der Waals surface area contributed by atoms with Crippen molar-refractivity contribution in [2.75, 3.05) is 25.2 Å². The third-order valence-electron chi connectivity index (χ3n) is 2.41. The van der Waals surface area contributed by atoms with Crippen LogP contribution in [0.4, 0.5) is 0 Å². The maximum atomic E-state index is 11.6. The summed E-state index contributed by atoms with van der Waals surface area (Å²) in [5.41, 5.74) is -0.339. The largest absolute Gasteiger partial charge is 0.466 e. The van der Waals surface area contributed by atoms with E-state index in [2.05, 4.69) is 15.9 Å². The van der Waals surface area contributed by atoms with Crippen LogP contribution in [0.25, 0.3) is 0 Å². The van der Waals surface area contributed by atoms with E-state index in [4.69, 9.17) is 9.47 Å². The van der Waals surface area contributed by atoms with Crippen LogP contribution in [0, 0.1) is 5.41 Å². The molecule has 1 aliphatic rings. The van der Waals surface area contributed by atoms with E-state index in [1.165, 1.54) is 0 Å². The Balaban J connectivity index is 2.61. The molecule has 0 radical (unpaired) electrons. The summed E-state index contributed by atoms with van der Waals surface area (Å²) >= 11 is 3.38. The number of carbonyl (C=O) groups excluding carboxylic acids is 1. The van der Waals surface area contributed by atoms with E-state index in [9.17, 15) is 4.79 Å². The molecule has 3 nitrogen and oxygen atoms in total. The van der Waals surface area contributed by atoms with Crippen molar-refractivity contribution in [3.8, 4) is 0 Å². The molecule has 0 amide bonds. The fraction of sp³-hybridized carbons (Fsp3) is 0.889. The summed E-state index contributed by atoms with van der Waals surface area (Å²) in [5, 5.41) is 0.669. The fourth-order valence-corrected chi connectivity index (χ4v) is 2.23. The molecule has 0 aromatic heterocycles. The maximum absolute atomic E-state index is 11.6. The molecule has 4 heteroatoms. The van der Waals surface area contributed by atoms with Crippen molar-refractivity contribution in [2.24, 2.45) is 5.41 Å². The molecule has 1 saturated heterocycles. The Labute approximate surface area is 86.9 Å². The number of carbonyl (C=O) groups is 1. The summed E-state index contributed by atoms with van der Waals surface area (Å²) in [4.78, 5) is 11.6. The van der Waals surface area contributed by atoms with Crippen molar-refractivity contribution in [1.82, 2.24) is 0 Å². The topological polar surface area (TPSA) is 35.5 Å². The molecule has 1 aliphatic heterocycles. The van der Waals surface area contributed by atoms with Gasteiger partial charge in [0.05, 0.1) is 12.0 Å². The molecule has 0 bridgehead atoms. The number of rotatable bonds is 3. The van der Waals surface area contributed by atoms with Crippen LogP contribution in [-0.4, -0.2) is 31.1 Å². The Hall–Kier alpha value is -0.0900. The normalized spacial score (nSPS) is 21.1. The van der Waals surface area contributed by atoms with E-state index in [1.807, 2.05) is 6.92 Å². The van der Waals surface area contributed by atoms with E-state index in [-0.39, 0.29) is 11.4 Å². The summed E-state index contributed by atoms with van der Waals surface area (Å²) in [7, 11) is 0. The summed E-state index contributed by atoms with van der Waals surface area (Å²) in [6.07, 6.45) is 1.52. The predicted molar refractivity (Wildman–Crippen MR) is 52.9 cm³/mol. The zero-order valence-electron chi connectivity index (χ0n) is 7.85. The standard InChI is InChI=1S/C9H15BrO3/c1-2-13-8(11)9(7-10)3-5-12-6-4-9/h2-7H2,1H3. The van der Waals surface area contributed by atoms with Crippen LogP contribution >= 0.6 is 15.9 Å². The van der Waals surface area contributed by atoms with Crippen LogP contribution in [0.1, 0.15) is 19.8 Å². The average molecular weight is 251 g/mol. The molecule has 0 aromatic carbocycles. The van der Waals surface area contributed by atoms with Crippen molar-refractivity contribution in [1.29, 1.82) is 0 Å². The first-order valence-electron chi connectivity index (χ1n) is 4.56. The van der Waals surface area contributed by atoms with Gasteiger partial charge in [0.1, 0.15) is 0 Å². The number of alkyl halides is 1. The second kappa shape index (κ2) is 4.96. The third-order valence-corrected chi connectivity index (χ3v) is 3.49. The molecule has 0 N–H and O–H groups in total. The zero-order chi connectivity index (χ0) is 9.73. The highest BCUT2D eigenvalue weighted by atomic mass is 79.9. The third kappa shape index (κ3) is 2.44. The lowest BCUT2D eigenvalue weighted by Gasteiger charge is -2.32. The molecule has 0 saturated carbocycles. The van der Waals surface area contributed by atoms with Gasteiger partial charge in [-0.2, -0.15) is 0 Å². The number of esters is 1. The fourth-order valence-electron chi connectivity index (χ4n) is 1.44. The molecule has 76 valence electrons. The van der Waals surface area contributed by atoms with Gasteiger partial charge < -0.3 is 9.47 Å². The molecule has 1 heterocycles. The molecule has 1 rings (SSSR count). The smallest absolute Gasteiger partial charge is 0.313 e. The Morgan fingerprint density at radius 2 is 2.15 bits per heavy atom. The van der Waals surface area contributed by atoms with Gasteiger partial charge in [0.25, 0.3) is 0 Å². The quantitative estimate of drug-likeness (QED) is 0.566. The zero-order valence-corrected chi connectivity index (χ0v) is 9.43. The van der Waals surface area contributed by atoms with Crippen LogP contribution in [0.5, 0.6) is 0 Å². The summed E-state index contributed by atoms with van der Waals surface area (Å²) in [6.45, 7) is 3.60. The molecule has 0 aliphatic carbocycles. The van der Waals surface area contributed by atoms with E-state index in [0.717, 1.165) is 12.8 Å². The Morgan fingerprint density at radius 3 is 2.62 bits per heavy atom. The monoisotopic (exact) mass is 250 g/mol. The molecule has 0 aromatic rings. The molecule has 0 unspecified atom stereocenters. The molecular weight excluding hydrogens is 236 g/mol. The van der Waals surface area contributed by atoms with Gasteiger partial charge in [-0.15, -0.1) is 0 Å². The number of hydrogen-bond donors (Lipinski definition) is 0. The lowest BCUT2D eigenvalue weighted by molar-refractivity contribution is -0.159. The van der Waals surface area contributed by atoms with Gasteiger partial charge in [0.2, 0.25) is 0 Å². The second-order valence-electron chi connectivity index (χ2n) is 3.25. The van der Waals surface area contributed by atoms with Crippen LogP contribution in [0.15, 0.2) is 0 Å². The van der Waals surface area contributed by atoms with E-state index in [0.29, 0.717) is 25.2 Å². The van der Waals surface area contributed by atoms with E-state index >= 15 is 0 Å². The first-order valence-corrected chi connectivity index (χ1v) is 5.68. The minimum atomic E-state index is -0.339. The van der Waals surface area contributed by atoms with Crippen molar-refractivity contribution in [3.05, 3.63) is 0 Å². The van der Waals surface area contributed by atoms with Crippen LogP contribution in [-0.2, 0) is 14.3 Å². The first kappa shape index (κ1) is 11.0. The van der Waals surface area contributed by atoms with Crippen LogP contribution in [0.3, 0.4) is 0 Å². The Morgan fingerprint density at radius 1 is 1.54 bits per heavy atom. The first-order chi connectivity index (χ1) is 6.25. The van der Waals surface area contributed by atoms with Gasteiger partial charge >= 0.3 is 5.97 Å². The van der Waals surface area contributed by atoms with Crippen LogP contribution < -0.4 is 0 Å². The lowest BCUT2D eigenvalue weighted by Crippen LogP contribution is -2.40. The molecular formula is C9H15BrO3. The van der Waals surface area contributed by atoms with Gasteiger partial charge in [0.15, 0.2) is 0 Å². The summed E-state index contributed by atoms with van der Waals surface area (Å²) in [6, 6.07) is 0. The maximum Gasteiger partial charge on any atom is 0.313 e. The number of halogens is 1. The summed E-state index contributed by atoms with van der Waals surface area (Å²) in [5.74, 6) is -0.0878. The molecule has 0 spiro atoms. The number of ether oxygens (including phenoxy) is 2. The number of hydrogen-bond acceptors (Lipinski definition) is 3. The SMILES string of the molecule is CCOC(=O)C1(CBr)CCOCC1. The highest BCUT2D eigenvalue weighted by molar-refractivity contribution is 9.09. The van der Waals surface area contributed by atoms with Crippen molar-refractivity contribution in [3.63, 3.8) is 0 Å². The molecule has 0 atom stereocenters. The van der Waals surface area contributed by atoms with Gasteiger partial charge in [-0.05, 0) is 19.8 Å². The minimum absolute atomic E-state index is 0.0878. The van der Waals surface area contributed by atoms with E-state index < -0.39 is 0 Å². The molecule has 13 heavy (non-hydrogen) atoms. The van der Waals surface area contributed by atoms with E-state index in [1.54, 1.807) is 0 Å². The van der Waals surface area contributed by atoms with Crippen LogP contribution in [0.2, 0.25) is 0 Å². The van der Waals surface area contributed by atoms with Crippen molar-refractivity contribution in [2.45, 2.75) is 19.8 Å². The Kier molecular flexibility index (Phi) is 4.19. The average Bonchev–Trinajstić information content (AvgIpc) is 2.19. The molecule has 1 fully saturated rings. The Bertz CT molecular complexity index is 176. The predicted octanol–water partition coefficient (Wildman–Crippen LogP) is 1.74. The van der Waals surface area contributed by atoms with Gasteiger partial charge in [-0.3, -0.25) is 4.79 Å². The van der Waals surface area contributed by atoms with Crippen molar-refractivity contribution < 1.29 is 14.3 Å². The highest BCUT2D eigenvalue weighted by Crippen LogP contribution is 2.33. The second-order valence-corrected chi connectivity index (χ2v) is 3.81. The van der Waals surface area contributed by atoms with Gasteiger partial charge in [-0.1, -0.05) is 15.9 Å². The lowest BCUT2D eigenvalue weighted by atomic mass is 9.82. The van der Waals surface area contributed by atoms with Gasteiger partial charge in [-0.25, -0.2) is 0 Å². The van der Waals surface area contributed by atoms with Gasteiger partial charge in [0, 0.05) is 18.5 Å². The van der Waals surface area contributed by atoms with Crippen molar-refractivity contribution >= 4 is 21.9 Å².